The van der Waals surface area contributed by atoms with Crippen molar-refractivity contribution >= 4 is 23.3 Å². The smallest absolute Gasteiger partial charge is 0.310 e. The Hall–Kier alpha value is -3.15. The Balaban J connectivity index is 1.59. The van der Waals surface area contributed by atoms with E-state index in [2.05, 4.69) is 0 Å². The highest BCUT2D eigenvalue weighted by Crippen LogP contribution is 2.23. The number of esters is 1. The third kappa shape index (κ3) is 4.57. The minimum absolute atomic E-state index is 0.0312. The Kier molecular flexibility index (Phi) is 6.09. The van der Waals surface area contributed by atoms with Crippen molar-refractivity contribution in [1.29, 1.82) is 0 Å². The molecule has 1 fully saturated rings. The van der Waals surface area contributed by atoms with E-state index in [1.165, 1.54) is 14.0 Å². The minimum atomic E-state index is -0.375. The lowest BCUT2D eigenvalue weighted by atomic mass is 10.1. The van der Waals surface area contributed by atoms with Crippen LogP contribution in [0.1, 0.15) is 41.3 Å². The van der Waals surface area contributed by atoms with Gasteiger partial charge >= 0.3 is 5.97 Å². The molecule has 6 heteroatoms. The van der Waals surface area contributed by atoms with Crippen molar-refractivity contribution in [1.82, 2.24) is 0 Å². The molecular formula is C22H23NO5. The maximum atomic E-state index is 12.2. The third-order valence-corrected chi connectivity index (χ3v) is 4.75. The quantitative estimate of drug-likeness (QED) is 0.543. The number of hydrogen-bond donors (Lipinski definition) is 0. The van der Waals surface area contributed by atoms with Crippen LogP contribution >= 0.6 is 0 Å². The Bertz CT molecular complexity index is 888. The average Bonchev–Trinajstić information content (AvgIpc) is 3.12. The van der Waals surface area contributed by atoms with Gasteiger partial charge in [-0.05, 0) is 49.2 Å². The molecule has 0 spiro atoms. The molecule has 1 aliphatic heterocycles. The lowest BCUT2D eigenvalue weighted by Crippen LogP contribution is -2.23. The molecule has 3 rings (SSSR count). The van der Waals surface area contributed by atoms with Gasteiger partial charge in [0.1, 0.15) is 12.4 Å². The Morgan fingerprint density at radius 3 is 2.46 bits per heavy atom. The lowest BCUT2D eigenvalue weighted by molar-refractivity contribution is -0.144. The normalized spacial score (nSPS) is 13.5. The zero-order chi connectivity index (χ0) is 20.1. The molecule has 146 valence electrons. The topological polar surface area (TPSA) is 72.9 Å². The average molecular weight is 381 g/mol. The van der Waals surface area contributed by atoms with Gasteiger partial charge in [0.05, 0.1) is 13.5 Å². The number of hydrogen-bond acceptors (Lipinski definition) is 5. The highest BCUT2D eigenvalue weighted by molar-refractivity contribution is 5.95. The van der Waals surface area contributed by atoms with Gasteiger partial charge in [-0.3, -0.25) is 14.4 Å². The van der Waals surface area contributed by atoms with Crippen LogP contribution in [0.2, 0.25) is 0 Å². The molecule has 2 aromatic rings. The van der Waals surface area contributed by atoms with Crippen molar-refractivity contribution in [3.8, 4) is 5.75 Å². The van der Waals surface area contributed by atoms with Crippen LogP contribution in [0.4, 0.5) is 5.69 Å². The van der Waals surface area contributed by atoms with Gasteiger partial charge in [-0.25, -0.2) is 0 Å². The highest BCUT2D eigenvalue weighted by Gasteiger charge is 2.21. The number of ether oxygens (including phenoxy) is 2. The van der Waals surface area contributed by atoms with Crippen LogP contribution in [0.15, 0.2) is 42.5 Å². The molecule has 1 amide bonds. The molecule has 0 atom stereocenters. The van der Waals surface area contributed by atoms with Crippen molar-refractivity contribution in [3.63, 3.8) is 0 Å². The maximum Gasteiger partial charge on any atom is 0.310 e. The van der Waals surface area contributed by atoms with Gasteiger partial charge in [-0.15, -0.1) is 0 Å². The first kappa shape index (κ1) is 19.6. The van der Waals surface area contributed by atoms with E-state index in [-0.39, 0.29) is 30.7 Å². The molecule has 2 aromatic carbocycles. The van der Waals surface area contributed by atoms with E-state index in [9.17, 15) is 14.4 Å². The monoisotopic (exact) mass is 381 g/mol. The van der Waals surface area contributed by atoms with Crippen LogP contribution in [0, 0.1) is 0 Å². The summed E-state index contributed by atoms with van der Waals surface area (Å²) < 4.78 is 10.6. The van der Waals surface area contributed by atoms with Crippen LogP contribution in [0.5, 0.6) is 5.75 Å². The second-order valence-electron chi connectivity index (χ2n) is 6.74. The summed E-state index contributed by atoms with van der Waals surface area (Å²) in [5.41, 5.74) is 2.85. The number of nitrogens with zero attached hydrogens (tertiary/aromatic N) is 1. The molecule has 1 saturated heterocycles. The van der Waals surface area contributed by atoms with Gasteiger partial charge in [0.2, 0.25) is 5.91 Å². The first-order chi connectivity index (χ1) is 13.5. The molecule has 6 nitrogen and oxygen atoms in total. The van der Waals surface area contributed by atoms with Gasteiger partial charge in [-0.1, -0.05) is 12.1 Å². The van der Waals surface area contributed by atoms with Crippen LogP contribution in [0.25, 0.3) is 0 Å². The summed E-state index contributed by atoms with van der Waals surface area (Å²) in [6.07, 6.45) is 1.59. The zero-order valence-electron chi connectivity index (χ0n) is 16.1. The van der Waals surface area contributed by atoms with Crippen LogP contribution in [-0.2, 0) is 27.4 Å². The summed E-state index contributed by atoms with van der Waals surface area (Å²) in [7, 11) is 1.53. The van der Waals surface area contributed by atoms with E-state index in [1.807, 2.05) is 24.3 Å². The number of anilines is 1. The highest BCUT2D eigenvalue weighted by atomic mass is 16.5. The van der Waals surface area contributed by atoms with Crippen molar-refractivity contribution in [3.05, 3.63) is 59.2 Å². The van der Waals surface area contributed by atoms with Crippen molar-refractivity contribution in [2.45, 2.75) is 32.8 Å². The van der Waals surface area contributed by atoms with E-state index in [1.54, 1.807) is 23.1 Å². The molecule has 28 heavy (non-hydrogen) atoms. The molecule has 0 aliphatic carbocycles. The molecule has 0 aromatic heterocycles. The van der Waals surface area contributed by atoms with E-state index >= 15 is 0 Å². The maximum absolute atomic E-state index is 12.2. The Labute approximate surface area is 164 Å². The summed E-state index contributed by atoms with van der Waals surface area (Å²) in [4.78, 5) is 37.3. The summed E-state index contributed by atoms with van der Waals surface area (Å²) in [6.45, 7) is 2.25. The first-order valence-corrected chi connectivity index (χ1v) is 9.20. The number of amides is 1. The van der Waals surface area contributed by atoms with E-state index in [0.29, 0.717) is 23.3 Å². The van der Waals surface area contributed by atoms with Crippen LogP contribution in [0.3, 0.4) is 0 Å². The molecule has 0 saturated carbocycles. The van der Waals surface area contributed by atoms with Gasteiger partial charge in [0, 0.05) is 29.8 Å². The molecule has 0 N–H and O–H groups in total. The zero-order valence-corrected chi connectivity index (χ0v) is 16.1. The predicted octanol–water partition coefficient (Wildman–Crippen LogP) is 3.31. The predicted molar refractivity (Wildman–Crippen MR) is 105 cm³/mol. The summed E-state index contributed by atoms with van der Waals surface area (Å²) in [5, 5.41) is 0. The molecule has 0 unspecified atom stereocenters. The fraction of sp³-hybridized carbons (Fsp3) is 0.318. The number of carbonyl (C=O) groups excluding carboxylic acids is 3. The number of methoxy groups -OCH3 is 1. The molecule has 1 heterocycles. The largest absolute Gasteiger partial charge is 0.496 e. The Morgan fingerprint density at radius 1 is 1.11 bits per heavy atom. The fourth-order valence-corrected chi connectivity index (χ4v) is 3.20. The molecule has 0 radical (unpaired) electrons. The number of benzene rings is 2. The minimum Gasteiger partial charge on any atom is -0.496 e. The van der Waals surface area contributed by atoms with E-state index in [4.69, 9.17) is 9.47 Å². The summed E-state index contributed by atoms with van der Waals surface area (Å²) in [5.74, 6) is 0.262. The number of carbonyl (C=O) groups is 3. The summed E-state index contributed by atoms with van der Waals surface area (Å²) in [6, 6.07) is 12.4. The summed E-state index contributed by atoms with van der Waals surface area (Å²) >= 11 is 0. The number of Topliss-reactive ketones (excluding diaryl/α,β-unsaturated/α-hetero) is 1. The van der Waals surface area contributed by atoms with Gasteiger partial charge < -0.3 is 14.4 Å². The standard InChI is InChI=1S/C22H23NO5/c1-15(24)17-7-10-20(27-2)18(13-17)14-28-22(26)12-16-5-8-19(9-6-16)23-11-3-4-21(23)25/h5-10,13H,3-4,11-12,14H2,1-2H3. The second-order valence-corrected chi connectivity index (χ2v) is 6.74. The molecular weight excluding hydrogens is 358 g/mol. The first-order valence-electron chi connectivity index (χ1n) is 9.20. The molecule has 0 bridgehead atoms. The van der Waals surface area contributed by atoms with E-state index < -0.39 is 0 Å². The van der Waals surface area contributed by atoms with Gasteiger partial charge in [0.15, 0.2) is 5.78 Å². The van der Waals surface area contributed by atoms with Crippen molar-refractivity contribution in [2.75, 3.05) is 18.6 Å². The van der Waals surface area contributed by atoms with Crippen molar-refractivity contribution < 1.29 is 23.9 Å². The molecule has 1 aliphatic rings. The Morgan fingerprint density at radius 2 is 1.86 bits per heavy atom. The van der Waals surface area contributed by atoms with Crippen molar-refractivity contribution in [2.24, 2.45) is 0 Å². The van der Waals surface area contributed by atoms with Gasteiger partial charge in [0.25, 0.3) is 0 Å². The van der Waals surface area contributed by atoms with Gasteiger partial charge in [-0.2, -0.15) is 0 Å². The number of rotatable bonds is 7. The lowest BCUT2D eigenvalue weighted by Gasteiger charge is -2.16. The second kappa shape index (κ2) is 8.69. The van der Waals surface area contributed by atoms with Crippen LogP contribution < -0.4 is 9.64 Å². The SMILES string of the molecule is COc1ccc(C(C)=O)cc1COC(=O)Cc1ccc(N2CCCC2=O)cc1. The van der Waals surface area contributed by atoms with Crippen LogP contribution in [-0.4, -0.2) is 31.3 Å². The fourth-order valence-electron chi connectivity index (χ4n) is 3.20. The number of ketones is 1. The van der Waals surface area contributed by atoms with E-state index in [0.717, 1.165) is 24.2 Å². The third-order valence-electron chi connectivity index (χ3n) is 4.75.